The van der Waals surface area contributed by atoms with Crippen LogP contribution >= 0.6 is 22.6 Å². The van der Waals surface area contributed by atoms with Crippen LogP contribution in [0.5, 0.6) is 0 Å². The van der Waals surface area contributed by atoms with Crippen LogP contribution in [0.2, 0.25) is 0 Å². The molecule has 0 saturated heterocycles. The fraction of sp³-hybridized carbons (Fsp3) is 0.767. The highest BCUT2D eigenvalue weighted by molar-refractivity contribution is 14.1. The molecule has 36 heavy (non-hydrogen) atoms. The first-order valence-electron chi connectivity index (χ1n) is 14.0. The van der Waals surface area contributed by atoms with Gasteiger partial charge in [-0.1, -0.05) is 39.0 Å². The fourth-order valence-electron chi connectivity index (χ4n) is 9.12. The van der Waals surface area contributed by atoms with Gasteiger partial charge < -0.3 is 21.1 Å². The van der Waals surface area contributed by atoms with Gasteiger partial charge in [-0.15, -0.1) is 0 Å². The molecule has 4 fully saturated rings. The van der Waals surface area contributed by atoms with E-state index in [1.807, 2.05) is 18.2 Å². The number of carbonyl (C=O) groups excluding carboxylic acids is 1. The van der Waals surface area contributed by atoms with E-state index in [-0.39, 0.29) is 41.0 Å². The molecule has 1 aromatic rings. The predicted octanol–water partition coefficient (Wildman–Crippen LogP) is 5.14. The SMILES string of the molecule is C[C@H](CCC(N)=O)[C@H]1CC[C@H]2[C@@H]3[C@H](O)C[C@@H]4C[C@H](O)CC[C@]4(C)[C@H]3C[C@H](O)[C@]12C.Ic1ccccc1. The summed E-state index contributed by atoms with van der Waals surface area (Å²) in [6.45, 7) is 6.82. The lowest BCUT2D eigenvalue weighted by Crippen LogP contribution is -2.62. The summed E-state index contributed by atoms with van der Waals surface area (Å²) in [7, 11) is 0. The van der Waals surface area contributed by atoms with Crippen molar-refractivity contribution in [3.8, 4) is 0 Å². The number of aliphatic hydroxyl groups excluding tert-OH is 3. The standard InChI is InChI=1S/C24H41NO4.C6H5I/c1-13(4-7-21(25)29)16-5-6-17-22-18(12-20(28)24(16,17)3)23(2)9-8-15(26)10-14(23)11-19(22)27;7-6-4-2-1-3-5-6/h13-20,22,26-28H,4-12H2,1-3H3,(H2,25,29);1-5H/t13-,14+,15-,16-,17+,18+,19-,20+,22+,23+,24-;/m1./s1. The van der Waals surface area contributed by atoms with Gasteiger partial charge >= 0.3 is 0 Å². The molecule has 6 heteroatoms. The van der Waals surface area contributed by atoms with Crippen LogP contribution in [-0.2, 0) is 4.79 Å². The minimum Gasteiger partial charge on any atom is -0.393 e. The van der Waals surface area contributed by atoms with E-state index in [1.165, 1.54) is 3.57 Å². The zero-order chi connectivity index (χ0) is 26.3. The predicted molar refractivity (Wildman–Crippen MR) is 151 cm³/mol. The number of hydrogen-bond donors (Lipinski definition) is 4. The van der Waals surface area contributed by atoms with Crippen molar-refractivity contribution < 1.29 is 20.1 Å². The second kappa shape index (κ2) is 11.2. The molecule has 0 radical (unpaired) electrons. The van der Waals surface area contributed by atoms with Gasteiger partial charge in [0.25, 0.3) is 0 Å². The molecule has 11 atom stereocenters. The third kappa shape index (κ3) is 5.26. The lowest BCUT2D eigenvalue weighted by Gasteiger charge is -2.63. The number of amides is 1. The van der Waals surface area contributed by atoms with Gasteiger partial charge in [0.15, 0.2) is 0 Å². The second-order valence-corrected chi connectivity index (χ2v) is 14.0. The zero-order valence-electron chi connectivity index (χ0n) is 22.2. The summed E-state index contributed by atoms with van der Waals surface area (Å²) in [6.07, 6.45) is 6.56. The van der Waals surface area contributed by atoms with Crippen molar-refractivity contribution in [2.75, 3.05) is 0 Å². The molecule has 0 aliphatic heterocycles. The van der Waals surface area contributed by atoms with E-state index >= 15 is 0 Å². The maximum absolute atomic E-state index is 11.5. The van der Waals surface area contributed by atoms with Crippen molar-refractivity contribution in [3.63, 3.8) is 0 Å². The molecule has 0 unspecified atom stereocenters. The molecular formula is C30H46INO4. The number of fused-ring (bicyclic) bond motifs is 5. The average molecular weight is 612 g/mol. The second-order valence-electron chi connectivity index (χ2n) is 12.8. The molecule has 1 amide bonds. The molecule has 4 aliphatic carbocycles. The molecule has 202 valence electrons. The molecule has 4 saturated carbocycles. The van der Waals surface area contributed by atoms with Gasteiger partial charge in [0.05, 0.1) is 18.3 Å². The summed E-state index contributed by atoms with van der Waals surface area (Å²) in [5, 5.41) is 33.0. The Labute approximate surface area is 230 Å². The van der Waals surface area contributed by atoms with E-state index in [2.05, 4.69) is 55.5 Å². The Bertz CT molecular complexity index is 898. The first kappa shape index (κ1) is 28.3. The summed E-state index contributed by atoms with van der Waals surface area (Å²) >= 11 is 2.28. The number of nitrogens with two attached hydrogens (primary N) is 1. The largest absolute Gasteiger partial charge is 0.393 e. The third-order valence-corrected chi connectivity index (χ3v) is 11.8. The van der Waals surface area contributed by atoms with Crippen LogP contribution in [-0.4, -0.2) is 39.5 Å². The van der Waals surface area contributed by atoms with Gasteiger partial charge in [-0.25, -0.2) is 0 Å². The molecule has 1 aromatic carbocycles. The van der Waals surface area contributed by atoms with E-state index in [1.54, 1.807) is 0 Å². The average Bonchev–Trinajstić information content (AvgIpc) is 3.19. The molecule has 4 aliphatic rings. The highest BCUT2D eigenvalue weighted by Gasteiger charge is 2.65. The van der Waals surface area contributed by atoms with Crippen LogP contribution in [0.25, 0.3) is 0 Å². The number of rotatable bonds is 4. The minimum atomic E-state index is -0.369. The Morgan fingerprint density at radius 2 is 1.75 bits per heavy atom. The van der Waals surface area contributed by atoms with Gasteiger partial charge in [0, 0.05) is 9.99 Å². The minimum absolute atomic E-state index is 0.112. The van der Waals surface area contributed by atoms with E-state index in [0.717, 1.165) is 51.4 Å². The number of hydrogen-bond acceptors (Lipinski definition) is 4. The Hall–Kier alpha value is -0.700. The molecule has 0 bridgehead atoms. The molecule has 5 N–H and O–H groups in total. The van der Waals surface area contributed by atoms with Crippen molar-refractivity contribution in [3.05, 3.63) is 33.9 Å². The molecule has 0 heterocycles. The first-order valence-corrected chi connectivity index (χ1v) is 15.1. The highest BCUT2D eigenvalue weighted by atomic mass is 127. The van der Waals surface area contributed by atoms with E-state index in [4.69, 9.17) is 5.73 Å². The molecule has 0 spiro atoms. The van der Waals surface area contributed by atoms with Crippen LogP contribution in [0.15, 0.2) is 30.3 Å². The summed E-state index contributed by atoms with van der Waals surface area (Å²) in [5.41, 5.74) is 5.30. The number of primary amides is 1. The number of carbonyl (C=O) groups is 1. The van der Waals surface area contributed by atoms with Crippen molar-refractivity contribution in [2.45, 2.75) is 96.9 Å². The highest BCUT2D eigenvalue weighted by Crippen LogP contribution is 2.68. The van der Waals surface area contributed by atoms with E-state index < -0.39 is 0 Å². The lowest BCUT2D eigenvalue weighted by molar-refractivity contribution is -0.207. The van der Waals surface area contributed by atoms with Crippen LogP contribution in [0, 0.1) is 49.9 Å². The molecule has 5 rings (SSSR count). The van der Waals surface area contributed by atoms with Gasteiger partial charge in [-0.3, -0.25) is 4.79 Å². The van der Waals surface area contributed by atoms with Crippen molar-refractivity contribution in [1.29, 1.82) is 0 Å². The Morgan fingerprint density at radius 1 is 1.06 bits per heavy atom. The topological polar surface area (TPSA) is 104 Å². The maximum Gasteiger partial charge on any atom is 0.217 e. The lowest BCUT2D eigenvalue weighted by atomic mass is 9.43. The fourth-order valence-corrected chi connectivity index (χ4v) is 9.53. The number of halogens is 1. The van der Waals surface area contributed by atoms with Crippen LogP contribution in [0.1, 0.15) is 78.6 Å². The van der Waals surface area contributed by atoms with Crippen LogP contribution in [0.4, 0.5) is 0 Å². The Balaban J connectivity index is 0.000000375. The molecular weight excluding hydrogens is 565 g/mol. The quantitative estimate of drug-likeness (QED) is 0.354. The Kier molecular flexibility index (Phi) is 8.80. The monoisotopic (exact) mass is 611 g/mol. The molecule has 0 aromatic heterocycles. The summed E-state index contributed by atoms with van der Waals surface area (Å²) in [5.74, 6) is 1.72. The van der Waals surface area contributed by atoms with Crippen LogP contribution < -0.4 is 5.73 Å². The van der Waals surface area contributed by atoms with Crippen LogP contribution in [0.3, 0.4) is 0 Å². The van der Waals surface area contributed by atoms with Gasteiger partial charge in [0.1, 0.15) is 0 Å². The maximum atomic E-state index is 11.5. The summed E-state index contributed by atoms with van der Waals surface area (Å²) in [4.78, 5) is 11.3. The Morgan fingerprint density at radius 3 is 2.36 bits per heavy atom. The summed E-state index contributed by atoms with van der Waals surface area (Å²) in [6, 6.07) is 10.2. The van der Waals surface area contributed by atoms with E-state index in [0.29, 0.717) is 36.0 Å². The van der Waals surface area contributed by atoms with Gasteiger partial charge in [0.2, 0.25) is 5.91 Å². The third-order valence-electron chi connectivity index (χ3n) is 11.1. The van der Waals surface area contributed by atoms with Gasteiger partial charge in [-0.05, 0) is 132 Å². The van der Waals surface area contributed by atoms with Crippen molar-refractivity contribution >= 4 is 28.5 Å². The van der Waals surface area contributed by atoms with Crippen molar-refractivity contribution in [1.82, 2.24) is 0 Å². The normalized spacial score (nSPS) is 44.3. The van der Waals surface area contributed by atoms with Crippen molar-refractivity contribution in [2.24, 2.45) is 52.1 Å². The number of aliphatic hydroxyl groups is 3. The zero-order valence-corrected chi connectivity index (χ0v) is 24.3. The van der Waals surface area contributed by atoms with E-state index in [9.17, 15) is 20.1 Å². The van der Waals surface area contributed by atoms with Gasteiger partial charge in [-0.2, -0.15) is 0 Å². The first-order chi connectivity index (χ1) is 17.0. The smallest absolute Gasteiger partial charge is 0.217 e. The molecule has 5 nitrogen and oxygen atoms in total. The summed E-state index contributed by atoms with van der Waals surface area (Å²) < 4.78 is 1.29. The number of benzene rings is 1.